The molecule has 2 rings (SSSR count). The van der Waals surface area contributed by atoms with Crippen LogP contribution in [-0.2, 0) is 14.8 Å². The molecule has 0 aromatic heterocycles. The maximum atomic E-state index is 13.6. The van der Waals surface area contributed by atoms with Gasteiger partial charge in [-0.1, -0.05) is 25.0 Å². The van der Waals surface area contributed by atoms with E-state index in [1.165, 1.54) is 18.2 Å². The fourth-order valence-electron chi connectivity index (χ4n) is 2.54. The van der Waals surface area contributed by atoms with Gasteiger partial charge >= 0.3 is 0 Å². The van der Waals surface area contributed by atoms with Gasteiger partial charge < -0.3 is 5.73 Å². The third-order valence-electron chi connectivity index (χ3n) is 3.56. The van der Waals surface area contributed by atoms with E-state index in [9.17, 15) is 17.6 Å². The highest BCUT2D eigenvalue weighted by molar-refractivity contribution is 7.89. The number of benzene rings is 1. The average Bonchev–Trinajstić information content (AvgIpc) is 2.39. The van der Waals surface area contributed by atoms with Crippen molar-refractivity contribution in [1.29, 1.82) is 0 Å². The SMILES string of the molecule is NC(=O)[C@@H]1CCCC[C@H]1NS(=O)(=O)c1ccccc1F. The Morgan fingerprint density at radius 2 is 1.90 bits per heavy atom. The van der Waals surface area contributed by atoms with E-state index in [4.69, 9.17) is 5.73 Å². The van der Waals surface area contributed by atoms with Crippen LogP contribution in [0.2, 0.25) is 0 Å². The van der Waals surface area contributed by atoms with Crippen molar-refractivity contribution in [3.63, 3.8) is 0 Å². The molecule has 1 saturated carbocycles. The first-order chi connectivity index (χ1) is 9.42. The molecule has 5 nitrogen and oxygen atoms in total. The quantitative estimate of drug-likeness (QED) is 0.874. The van der Waals surface area contributed by atoms with Crippen LogP contribution in [0.4, 0.5) is 4.39 Å². The maximum absolute atomic E-state index is 13.6. The molecule has 1 fully saturated rings. The summed E-state index contributed by atoms with van der Waals surface area (Å²) in [6.45, 7) is 0. The van der Waals surface area contributed by atoms with E-state index in [0.29, 0.717) is 12.8 Å². The molecule has 0 radical (unpaired) electrons. The van der Waals surface area contributed by atoms with Gasteiger partial charge in [0, 0.05) is 6.04 Å². The summed E-state index contributed by atoms with van der Waals surface area (Å²) in [5.74, 6) is -1.87. The fourth-order valence-corrected chi connectivity index (χ4v) is 3.93. The van der Waals surface area contributed by atoms with Gasteiger partial charge in [0.25, 0.3) is 0 Å². The normalized spacial score (nSPS) is 23.4. The van der Waals surface area contributed by atoms with Crippen molar-refractivity contribution < 1.29 is 17.6 Å². The third kappa shape index (κ3) is 3.16. The number of hydrogen-bond acceptors (Lipinski definition) is 3. The molecule has 1 aromatic rings. The molecule has 2 atom stereocenters. The summed E-state index contributed by atoms with van der Waals surface area (Å²) < 4.78 is 40.4. The molecular weight excluding hydrogens is 283 g/mol. The van der Waals surface area contributed by atoms with Crippen LogP contribution in [0, 0.1) is 11.7 Å². The zero-order chi connectivity index (χ0) is 14.8. The van der Waals surface area contributed by atoms with E-state index in [-0.39, 0.29) is 0 Å². The number of halogens is 1. The molecule has 3 N–H and O–H groups in total. The zero-order valence-corrected chi connectivity index (χ0v) is 11.7. The fraction of sp³-hybridized carbons (Fsp3) is 0.462. The van der Waals surface area contributed by atoms with E-state index in [0.717, 1.165) is 18.9 Å². The summed E-state index contributed by atoms with van der Waals surface area (Å²) in [6, 6.07) is 4.58. The number of carbonyl (C=O) groups is 1. The van der Waals surface area contributed by atoms with Crippen molar-refractivity contribution in [3.8, 4) is 0 Å². The second kappa shape index (κ2) is 5.88. The highest BCUT2D eigenvalue weighted by Gasteiger charge is 2.33. The second-order valence-electron chi connectivity index (χ2n) is 4.95. The van der Waals surface area contributed by atoms with Crippen LogP contribution < -0.4 is 10.5 Å². The van der Waals surface area contributed by atoms with Crippen LogP contribution in [0.1, 0.15) is 25.7 Å². The van der Waals surface area contributed by atoms with E-state index in [2.05, 4.69) is 4.72 Å². The smallest absolute Gasteiger partial charge is 0.243 e. The van der Waals surface area contributed by atoms with Gasteiger partial charge in [-0.05, 0) is 25.0 Å². The van der Waals surface area contributed by atoms with Gasteiger partial charge in [-0.25, -0.2) is 17.5 Å². The van der Waals surface area contributed by atoms with Crippen LogP contribution in [0.25, 0.3) is 0 Å². The first-order valence-corrected chi connectivity index (χ1v) is 7.96. The van der Waals surface area contributed by atoms with Crippen LogP contribution in [0.15, 0.2) is 29.2 Å². The summed E-state index contributed by atoms with van der Waals surface area (Å²) in [7, 11) is -3.99. The van der Waals surface area contributed by atoms with E-state index in [1.807, 2.05) is 0 Å². The van der Waals surface area contributed by atoms with Gasteiger partial charge in [-0.15, -0.1) is 0 Å². The largest absolute Gasteiger partial charge is 0.369 e. The Balaban J connectivity index is 2.23. The highest BCUT2D eigenvalue weighted by atomic mass is 32.2. The Bertz CT molecular complexity index is 603. The van der Waals surface area contributed by atoms with Crippen LogP contribution >= 0.6 is 0 Å². The van der Waals surface area contributed by atoms with Crippen LogP contribution in [0.3, 0.4) is 0 Å². The molecule has 0 heterocycles. The molecule has 0 saturated heterocycles. The molecule has 0 aliphatic heterocycles. The van der Waals surface area contributed by atoms with Gasteiger partial charge in [0.15, 0.2) is 0 Å². The van der Waals surface area contributed by atoms with Gasteiger partial charge in [-0.2, -0.15) is 0 Å². The average molecular weight is 300 g/mol. The number of amides is 1. The molecule has 0 bridgehead atoms. The monoisotopic (exact) mass is 300 g/mol. The Hall–Kier alpha value is -1.47. The zero-order valence-electron chi connectivity index (χ0n) is 10.9. The Morgan fingerprint density at radius 1 is 1.25 bits per heavy atom. The first kappa shape index (κ1) is 14.9. The Kier molecular flexibility index (Phi) is 4.39. The number of rotatable bonds is 4. The minimum atomic E-state index is -3.99. The van der Waals surface area contributed by atoms with Gasteiger partial charge in [0.2, 0.25) is 15.9 Å². The molecule has 1 amide bonds. The minimum Gasteiger partial charge on any atom is -0.369 e. The number of primary amides is 1. The van der Waals surface area contributed by atoms with Crippen molar-refractivity contribution in [3.05, 3.63) is 30.1 Å². The van der Waals surface area contributed by atoms with Gasteiger partial charge in [-0.3, -0.25) is 4.79 Å². The lowest BCUT2D eigenvalue weighted by molar-refractivity contribution is -0.123. The lowest BCUT2D eigenvalue weighted by Crippen LogP contribution is -2.47. The number of nitrogens with one attached hydrogen (secondary N) is 1. The molecule has 20 heavy (non-hydrogen) atoms. The number of sulfonamides is 1. The van der Waals surface area contributed by atoms with Crippen molar-refractivity contribution in [2.75, 3.05) is 0 Å². The molecule has 7 heteroatoms. The predicted octanol–water partition coefficient (Wildman–Crippen LogP) is 1.15. The van der Waals surface area contributed by atoms with E-state index in [1.54, 1.807) is 0 Å². The number of nitrogens with two attached hydrogens (primary N) is 1. The second-order valence-corrected chi connectivity index (χ2v) is 6.63. The number of carbonyl (C=O) groups excluding carboxylic acids is 1. The Morgan fingerprint density at radius 3 is 2.55 bits per heavy atom. The summed E-state index contributed by atoms with van der Waals surface area (Å²) in [4.78, 5) is 11.0. The van der Waals surface area contributed by atoms with Crippen LogP contribution in [-0.4, -0.2) is 20.4 Å². The van der Waals surface area contributed by atoms with Crippen LogP contribution in [0.5, 0.6) is 0 Å². The van der Waals surface area contributed by atoms with E-state index >= 15 is 0 Å². The first-order valence-electron chi connectivity index (χ1n) is 6.48. The Labute approximate surface area is 117 Å². The van der Waals surface area contributed by atoms with Crippen molar-refractivity contribution in [1.82, 2.24) is 4.72 Å². The number of hydrogen-bond donors (Lipinski definition) is 2. The molecule has 0 spiro atoms. The van der Waals surface area contributed by atoms with Crippen molar-refractivity contribution in [2.24, 2.45) is 11.7 Å². The van der Waals surface area contributed by atoms with Crippen molar-refractivity contribution in [2.45, 2.75) is 36.6 Å². The maximum Gasteiger partial charge on any atom is 0.243 e. The van der Waals surface area contributed by atoms with E-state index < -0.39 is 38.6 Å². The van der Waals surface area contributed by atoms with Gasteiger partial charge in [0.1, 0.15) is 10.7 Å². The molecule has 1 aliphatic carbocycles. The summed E-state index contributed by atoms with van der Waals surface area (Å²) in [6.07, 6.45) is 2.74. The van der Waals surface area contributed by atoms with Crippen molar-refractivity contribution >= 4 is 15.9 Å². The topological polar surface area (TPSA) is 89.3 Å². The lowest BCUT2D eigenvalue weighted by atomic mass is 9.85. The molecule has 1 aromatic carbocycles. The molecule has 0 unspecified atom stereocenters. The molecular formula is C13H17FN2O3S. The highest BCUT2D eigenvalue weighted by Crippen LogP contribution is 2.26. The minimum absolute atomic E-state index is 0.409. The molecule has 110 valence electrons. The predicted molar refractivity (Wildman–Crippen MR) is 71.7 cm³/mol. The summed E-state index contributed by atoms with van der Waals surface area (Å²) >= 11 is 0. The third-order valence-corrected chi connectivity index (χ3v) is 5.09. The molecule has 1 aliphatic rings. The van der Waals surface area contributed by atoms with Gasteiger partial charge in [0.05, 0.1) is 5.92 Å². The standard InChI is InChI=1S/C13H17FN2O3S/c14-10-6-2-4-8-12(10)20(18,19)16-11-7-3-1-5-9(11)13(15)17/h2,4,6,8-9,11,16H,1,3,5,7H2,(H2,15,17)/t9-,11-/m1/s1. The summed E-state index contributed by atoms with van der Waals surface area (Å²) in [5.41, 5.74) is 5.30. The summed E-state index contributed by atoms with van der Waals surface area (Å²) in [5, 5.41) is 0. The lowest BCUT2D eigenvalue weighted by Gasteiger charge is -2.29.